The van der Waals surface area contributed by atoms with Crippen LogP contribution in [0.2, 0.25) is 0 Å². The molecule has 1 unspecified atom stereocenters. The fourth-order valence-corrected chi connectivity index (χ4v) is 2.69. The molecule has 142 valence electrons. The van der Waals surface area contributed by atoms with Gasteiger partial charge in [-0.25, -0.2) is 4.39 Å². The van der Waals surface area contributed by atoms with E-state index in [1.165, 1.54) is 18.2 Å². The Balaban J connectivity index is 1.66. The summed E-state index contributed by atoms with van der Waals surface area (Å²) >= 11 is 0. The van der Waals surface area contributed by atoms with Gasteiger partial charge < -0.3 is 14.0 Å². The van der Waals surface area contributed by atoms with Crippen LogP contribution in [0, 0.1) is 5.82 Å². The summed E-state index contributed by atoms with van der Waals surface area (Å²) in [6.07, 6.45) is 0.109. The molecule has 1 atom stereocenters. The van der Waals surface area contributed by atoms with Gasteiger partial charge in [-0.05, 0) is 43.7 Å². The normalized spacial score (nSPS) is 12.2. The SMILES string of the molecule is CC(C)Oc1cccc(C(C)COc2ccc(-c3cc(=O)[nH]o3)c(F)c2)c1. The monoisotopic (exact) mass is 371 g/mol. The number of rotatable bonds is 7. The van der Waals surface area contributed by atoms with Gasteiger partial charge in [0.1, 0.15) is 17.3 Å². The smallest absolute Gasteiger partial charge is 0.280 e. The summed E-state index contributed by atoms with van der Waals surface area (Å²) in [5.74, 6) is 0.967. The molecule has 0 bridgehead atoms. The van der Waals surface area contributed by atoms with Crippen molar-refractivity contribution in [2.75, 3.05) is 6.61 Å². The summed E-state index contributed by atoms with van der Waals surface area (Å²) in [6.45, 7) is 6.39. The van der Waals surface area contributed by atoms with Gasteiger partial charge in [-0.3, -0.25) is 4.79 Å². The number of hydrogen-bond donors (Lipinski definition) is 1. The molecule has 3 aromatic rings. The Morgan fingerprint density at radius 2 is 1.89 bits per heavy atom. The number of aromatic nitrogens is 1. The first kappa shape index (κ1) is 18.8. The Bertz CT molecular complexity index is 961. The molecule has 0 saturated heterocycles. The molecule has 0 aliphatic rings. The molecule has 0 amide bonds. The quantitative estimate of drug-likeness (QED) is 0.651. The van der Waals surface area contributed by atoms with Crippen LogP contribution in [-0.4, -0.2) is 17.9 Å². The minimum atomic E-state index is -0.518. The summed E-state index contributed by atoms with van der Waals surface area (Å²) in [5.41, 5.74) is 0.869. The second-order valence-corrected chi connectivity index (χ2v) is 6.67. The molecule has 0 radical (unpaired) electrons. The largest absolute Gasteiger partial charge is 0.493 e. The van der Waals surface area contributed by atoms with Crippen LogP contribution in [-0.2, 0) is 0 Å². The fraction of sp³-hybridized carbons (Fsp3) is 0.286. The average Bonchev–Trinajstić information content (AvgIpc) is 3.05. The second kappa shape index (κ2) is 8.12. The lowest BCUT2D eigenvalue weighted by Gasteiger charge is -2.16. The third-order valence-corrected chi connectivity index (χ3v) is 4.03. The first-order valence-electron chi connectivity index (χ1n) is 8.80. The van der Waals surface area contributed by atoms with Crippen LogP contribution >= 0.6 is 0 Å². The molecule has 27 heavy (non-hydrogen) atoms. The maximum absolute atomic E-state index is 14.3. The number of aromatic amines is 1. The van der Waals surface area contributed by atoms with Crippen molar-refractivity contribution < 1.29 is 18.4 Å². The lowest BCUT2D eigenvalue weighted by atomic mass is 10.0. The third-order valence-electron chi connectivity index (χ3n) is 4.03. The molecule has 1 heterocycles. The van der Waals surface area contributed by atoms with Crippen LogP contribution < -0.4 is 15.0 Å². The summed E-state index contributed by atoms with van der Waals surface area (Å²) in [4.78, 5) is 11.1. The Morgan fingerprint density at radius 3 is 2.56 bits per heavy atom. The number of halogens is 1. The van der Waals surface area contributed by atoms with E-state index in [0.29, 0.717) is 12.4 Å². The van der Waals surface area contributed by atoms with Crippen LogP contribution in [0.4, 0.5) is 4.39 Å². The van der Waals surface area contributed by atoms with Gasteiger partial charge in [0.05, 0.1) is 24.3 Å². The van der Waals surface area contributed by atoms with Gasteiger partial charge in [0.25, 0.3) is 5.56 Å². The first-order chi connectivity index (χ1) is 12.9. The van der Waals surface area contributed by atoms with Gasteiger partial charge >= 0.3 is 0 Å². The molecular weight excluding hydrogens is 349 g/mol. The summed E-state index contributed by atoms with van der Waals surface area (Å²) < 4.78 is 30.7. The molecular formula is C21H22FNO4. The van der Waals surface area contributed by atoms with Crippen molar-refractivity contribution in [2.45, 2.75) is 32.8 Å². The van der Waals surface area contributed by atoms with E-state index in [1.807, 2.05) is 45.0 Å². The Kier molecular flexibility index (Phi) is 5.64. The van der Waals surface area contributed by atoms with Gasteiger partial charge in [-0.1, -0.05) is 19.1 Å². The fourth-order valence-electron chi connectivity index (χ4n) is 2.69. The van der Waals surface area contributed by atoms with Gasteiger partial charge in [0.2, 0.25) is 0 Å². The summed E-state index contributed by atoms with van der Waals surface area (Å²) in [5, 5.41) is 2.14. The van der Waals surface area contributed by atoms with Crippen LogP contribution in [0.5, 0.6) is 11.5 Å². The van der Waals surface area contributed by atoms with E-state index in [1.54, 1.807) is 6.07 Å². The van der Waals surface area contributed by atoms with E-state index in [4.69, 9.17) is 14.0 Å². The number of benzene rings is 2. The van der Waals surface area contributed by atoms with Gasteiger partial charge in [0.15, 0.2) is 5.76 Å². The maximum atomic E-state index is 14.3. The molecule has 1 aromatic heterocycles. The highest BCUT2D eigenvalue weighted by Crippen LogP contribution is 2.27. The molecule has 0 saturated carbocycles. The molecule has 2 aromatic carbocycles. The van der Waals surface area contributed by atoms with Crippen molar-refractivity contribution in [2.24, 2.45) is 0 Å². The number of H-pyrrole nitrogens is 1. The summed E-state index contributed by atoms with van der Waals surface area (Å²) in [7, 11) is 0. The lowest BCUT2D eigenvalue weighted by molar-refractivity contribution is 0.241. The van der Waals surface area contributed by atoms with Gasteiger partial charge in [0, 0.05) is 12.0 Å². The molecule has 6 heteroatoms. The highest BCUT2D eigenvalue weighted by atomic mass is 19.1. The van der Waals surface area contributed by atoms with Crippen molar-refractivity contribution in [3.8, 4) is 22.8 Å². The van der Waals surface area contributed by atoms with Crippen LogP contribution in [0.25, 0.3) is 11.3 Å². The van der Waals surface area contributed by atoms with Gasteiger partial charge in [-0.15, -0.1) is 0 Å². The Hall–Kier alpha value is -3.02. The highest BCUT2D eigenvalue weighted by Gasteiger charge is 2.13. The molecule has 0 fully saturated rings. The molecule has 5 nitrogen and oxygen atoms in total. The zero-order valence-electron chi connectivity index (χ0n) is 15.5. The molecule has 1 N–H and O–H groups in total. The molecule has 0 aliphatic carbocycles. The van der Waals surface area contributed by atoms with Crippen molar-refractivity contribution in [3.63, 3.8) is 0 Å². The van der Waals surface area contributed by atoms with Crippen LogP contribution in [0.1, 0.15) is 32.3 Å². The zero-order chi connectivity index (χ0) is 19.4. The number of hydrogen-bond acceptors (Lipinski definition) is 4. The van der Waals surface area contributed by atoms with Crippen molar-refractivity contribution in [1.82, 2.24) is 5.16 Å². The zero-order valence-corrected chi connectivity index (χ0v) is 15.5. The minimum Gasteiger partial charge on any atom is -0.493 e. The van der Waals surface area contributed by atoms with Crippen molar-refractivity contribution in [1.29, 1.82) is 0 Å². The predicted molar refractivity (Wildman–Crippen MR) is 101 cm³/mol. The number of ether oxygens (including phenoxy) is 2. The Morgan fingerprint density at radius 1 is 1.07 bits per heavy atom. The van der Waals surface area contributed by atoms with E-state index in [9.17, 15) is 9.18 Å². The molecule has 0 aliphatic heterocycles. The van der Waals surface area contributed by atoms with Crippen molar-refractivity contribution >= 4 is 0 Å². The van der Waals surface area contributed by atoms with E-state index in [-0.39, 0.29) is 23.3 Å². The van der Waals surface area contributed by atoms with Crippen molar-refractivity contribution in [3.05, 3.63) is 70.3 Å². The highest BCUT2D eigenvalue weighted by molar-refractivity contribution is 5.58. The maximum Gasteiger partial charge on any atom is 0.280 e. The van der Waals surface area contributed by atoms with Crippen LogP contribution in [0.3, 0.4) is 0 Å². The second-order valence-electron chi connectivity index (χ2n) is 6.67. The first-order valence-corrected chi connectivity index (χ1v) is 8.80. The third kappa shape index (κ3) is 4.78. The van der Waals surface area contributed by atoms with Gasteiger partial charge in [-0.2, -0.15) is 5.16 Å². The predicted octanol–water partition coefficient (Wildman–Crippen LogP) is 4.74. The topological polar surface area (TPSA) is 64.5 Å². The Labute approximate surface area is 156 Å². The lowest BCUT2D eigenvalue weighted by Crippen LogP contribution is -2.09. The standard InChI is InChI=1S/C21H22FNO4/c1-13(2)26-17-6-4-5-15(9-17)14(3)12-25-16-7-8-18(19(22)10-16)20-11-21(24)23-27-20/h4-11,13-14H,12H2,1-3H3,(H,23,24). The van der Waals surface area contributed by atoms with E-state index in [0.717, 1.165) is 11.3 Å². The molecule has 3 rings (SSSR count). The molecule has 0 spiro atoms. The summed E-state index contributed by atoms with van der Waals surface area (Å²) in [6, 6.07) is 13.5. The van der Waals surface area contributed by atoms with E-state index >= 15 is 0 Å². The average molecular weight is 371 g/mol. The van der Waals surface area contributed by atoms with Crippen LogP contribution in [0.15, 0.2) is 57.8 Å². The minimum absolute atomic E-state index is 0.103. The van der Waals surface area contributed by atoms with E-state index in [2.05, 4.69) is 5.16 Å². The van der Waals surface area contributed by atoms with E-state index < -0.39 is 11.4 Å². The number of nitrogens with one attached hydrogen (secondary N) is 1.